The van der Waals surface area contributed by atoms with E-state index in [1.807, 2.05) is 13.8 Å². The zero-order chi connectivity index (χ0) is 29.7. The van der Waals surface area contributed by atoms with E-state index >= 15 is 0 Å². The molecule has 0 radical (unpaired) electrons. The molecule has 2 atom stereocenters. The van der Waals surface area contributed by atoms with Crippen molar-refractivity contribution in [3.05, 3.63) is 79.9 Å². The Morgan fingerprint density at radius 1 is 0.650 bits per heavy atom. The van der Waals surface area contributed by atoms with Crippen LogP contribution in [0.3, 0.4) is 0 Å². The average Bonchev–Trinajstić information content (AvgIpc) is 2.95. The Hall–Kier alpha value is -4.08. The number of hydrogen-bond acceptors (Lipinski definition) is 8. The van der Waals surface area contributed by atoms with Crippen LogP contribution in [0.15, 0.2) is 58.7 Å². The number of non-ortho nitro benzene ring substituents is 2. The van der Waals surface area contributed by atoms with Crippen LogP contribution in [0, 0.1) is 32.1 Å². The van der Waals surface area contributed by atoms with Gasteiger partial charge in [0.25, 0.3) is 11.4 Å². The summed E-state index contributed by atoms with van der Waals surface area (Å²) < 4.78 is 0. The maximum atomic E-state index is 13.1. The van der Waals surface area contributed by atoms with Crippen LogP contribution in [0.25, 0.3) is 0 Å². The maximum Gasteiger partial charge on any atom is 0.269 e. The van der Waals surface area contributed by atoms with Crippen molar-refractivity contribution in [2.75, 3.05) is 0 Å². The number of carbonyl (C=O) groups excluding carboxylic acids is 2. The van der Waals surface area contributed by atoms with Crippen molar-refractivity contribution in [2.45, 2.75) is 79.1 Å². The van der Waals surface area contributed by atoms with Crippen molar-refractivity contribution in [3.63, 3.8) is 0 Å². The summed E-state index contributed by atoms with van der Waals surface area (Å²) in [5.74, 6) is -0.749. The monoisotopic (exact) mass is 550 g/mol. The molecule has 0 aliphatic rings. The fraction of sp³-hybridized carbons (Fsp3) is 0.467. The number of benzene rings is 2. The molecule has 0 heterocycles. The van der Waals surface area contributed by atoms with E-state index < -0.39 is 9.85 Å². The highest BCUT2D eigenvalue weighted by Crippen LogP contribution is 2.21. The number of nitro benzene ring substituents is 2. The van der Waals surface area contributed by atoms with E-state index in [4.69, 9.17) is 0 Å². The zero-order valence-corrected chi connectivity index (χ0v) is 23.7. The molecular weight excluding hydrogens is 512 g/mol. The molecule has 0 fully saturated rings. The predicted octanol–water partition coefficient (Wildman–Crippen LogP) is 6.88. The van der Waals surface area contributed by atoms with Gasteiger partial charge in [0, 0.05) is 36.1 Å². The molecule has 0 spiro atoms. The maximum absolute atomic E-state index is 13.1. The largest absolute Gasteiger partial charge is 0.292 e. The number of aryl methyl sites for hydroxylation is 2. The third kappa shape index (κ3) is 9.91. The average molecular weight is 551 g/mol. The summed E-state index contributed by atoms with van der Waals surface area (Å²) in [7, 11) is 0. The molecule has 214 valence electrons. The fourth-order valence-electron chi connectivity index (χ4n) is 4.60. The number of ketones is 2. The molecule has 10 nitrogen and oxygen atoms in total. The first kappa shape index (κ1) is 32.1. The number of nitrogens with zero attached hydrogens (tertiary/aromatic N) is 4. The van der Waals surface area contributed by atoms with Crippen LogP contribution in [0.5, 0.6) is 0 Å². The van der Waals surface area contributed by atoms with Crippen molar-refractivity contribution in [1.82, 2.24) is 0 Å². The van der Waals surface area contributed by atoms with Gasteiger partial charge in [-0.15, -0.1) is 0 Å². The summed E-state index contributed by atoms with van der Waals surface area (Å²) in [5, 5.41) is 30.0. The standard InChI is InChI=1S/C30H38N4O6/c1-5-7-25(15-9-23-11-17-27(18-12-23)33(37)38)29(35)21(3)31-32-22(4)30(36)26(8-6-2)16-10-24-13-19-28(20-14-24)34(39)40/h11-14,17-20,25-26H,5-10,15-16H2,1-4H3/b31-21+,32-22+. The molecule has 2 aromatic carbocycles. The highest BCUT2D eigenvalue weighted by Gasteiger charge is 2.22. The second-order valence-corrected chi connectivity index (χ2v) is 9.99. The molecular formula is C30H38N4O6. The van der Waals surface area contributed by atoms with Crippen LogP contribution in [0.4, 0.5) is 11.4 Å². The smallest absolute Gasteiger partial charge is 0.269 e. The molecule has 0 saturated carbocycles. The molecule has 0 bridgehead atoms. The normalized spacial score (nSPS) is 13.5. The van der Waals surface area contributed by atoms with Gasteiger partial charge < -0.3 is 0 Å². The molecule has 2 aromatic rings. The first-order chi connectivity index (χ1) is 19.1. The van der Waals surface area contributed by atoms with Gasteiger partial charge in [-0.25, -0.2) is 0 Å². The summed E-state index contributed by atoms with van der Waals surface area (Å²) >= 11 is 0. The molecule has 0 aromatic heterocycles. The molecule has 0 aliphatic heterocycles. The lowest BCUT2D eigenvalue weighted by Gasteiger charge is -2.15. The highest BCUT2D eigenvalue weighted by atomic mass is 16.6. The third-order valence-corrected chi connectivity index (χ3v) is 6.94. The van der Waals surface area contributed by atoms with Gasteiger partial charge in [-0.2, -0.15) is 10.2 Å². The van der Waals surface area contributed by atoms with Crippen molar-refractivity contribution >= 4 is 34.4 Å². The van der Waals surface area contributed by atoms with E-state index in [-0.39, 0.29) is 46.2 Å². The lowest BCUT2D eigenvalue weighted by molar-refractivity contribution is -0.385. The van der Waals surface area contributed by atoms with Crippen LogP contribution >= 0.6 is 0 Å². The summed E-state index contributed by atoms with van der Waals surface area (Å²) in [6, 6.07) is 12.7. The van der Waals surface area contributed by atoms with Crippen LogP contribution in [0.1, 0.15) is 77.3 Å². The van der Waals surface area contributed by atoms with E-state index in [1.165, 1.54) is 24.3 Å². The van der Waals surface area contributed by atoms with Gasteiger partial charge in [0.2, 0.25) is 0 Å². The topological polar surface area (TPSA) is 145 Å². The van der Waals surface area contributed by atoms with E-state index in [0.717, 1.165) is 24.0 Å². The quantitative estimate of drug-likeness (QED) is 0.119. The minimum absolute atomic E-state index is 0.0308. The van der Waals surface area contributed by atoms with Gasteiger partial charge in [-0.3, -0.25) is 29.8 Å². The first-order valence-electron chi connectivity index (χ1n) is 13.7. The molecule has 2 rings (SSSR count). The Morgan fingerprint density at radius 2 is 0.975 bits per heavy atom. The van der Waals surface area contributed by atoms with Crippen LogP contribution in [-0.2, 0) is 22.4 Å². The fourth-order valence-corrected chi connectivity index (χ4v) is 4.60. The van der Waals surface area contributed by atoms with Gasteiger partial charge >= 0.3 is 0 Å². The summed E-state index contributed by atoms with van der Waals surface area (Å²) in [6.07, 6.45) is 5.38. The van der Waals surface area contributed by atoms with E-state index in [1.54, 1.807) is 38.1 Å². The molecule has 2 unspecified atom stereocenters. The molecule has 40 heavy (non-hydrogen) atoms. The highest BCUT2D eigenvalue weighted by molar-refractivity contribution is 6.41. The Kier molecular flexibility index (Phi) is 13.0. The minimum Gasteiger partial charge on any atom is -0.292 e. The molecule has 0 saturated heterocycles. The Morgan fingerprint density at radius 3 is 1.25 bits per heavy atom. The van der Waals surface area contributed by atoms with E-state index in [0.29, 0.717) is 38.5 Å². The van der Waals surface area contributed by atoms with Gasteiger partial charge in [-0.05, 0) is 63.5 Å². The number of nitro groups is 2. The zero-order valence-electron chi connectivity index (χ0n) is 23.7. The second-order valence-electron chi connectivity index (χ2n) is 9.99. The number of Topliss-reactive ketones (excluding diaryl/α,β-unsaturated/α-hetero) is 2. The molecule has 0 N–H and O–H groups in total. The SMILES string of the molecule is CCCC(CCc1ccc([N+](=O)[O-])cc1)C(=O)/C(C)=N/N=C(\C)C(=O)C(CCC)CCc1ccc([N+](=O)[O-])cc1. The van der Waals surface area contributed by atoms with E-state index in [9.17, 15) is 29.8 Å². The number of rotatable bonds is 17. The van der Waals surface area contributed by atoms with Crippen LogP contribution < -0.4 is 0 Å². The lowest BCUT2D eigenvalue weighted by atomic mass is 9.89. The van der Waals surface area contributed by atoms with Crippen molar-refractivity contribution in [2.24, 2.45) is 22.0 Å². The lowest BCUT2D eigenvalue weighted by Crippen LogP contribution is -2.24. The summed E-state index contributed by atoms with van der Waals surface area (Å²) in [5.41, 5.74) is 2.39. The Balaban J connectivity index is 2.04. The summed E-state index contributed by atoms with van der Waals surface area (Å²) in [4.78, 5) is 47.1. The third-order valence-electron chi connectivity index (χ3n) is 6.94. The molecule has 0 amide bonds. The van der Waals surface area contributed by atoms with Crippen molar-refractivity contribution in [3.8, 4) is 0 Å². The predicted molar refractivity (Wildman–Crippen MR) is 156 cm³/mol. The second kappa shape index (κ2) is 16.1. The summed E-state index contributed by atoms with van der Waals surface area (Å²) in [6.45, 7) is 7.22. The van der Waals surface area contributed by atoms with Gasteiger partial charge in [-0.1, -0.05) is 51.0 Å². The van der Waals surface area contributed by atoms with Crippen LogP contribution in [-0.4, -0.2) is 32.8 Å². The van der Waals surface area contributed by atoms with E-state index in [2.05, 4.69) is 10.2 Å². The van der Waals surface area contributed by atoms with Crippen molar-refractivity contribution < 1.29 is 19.4 Å². The first-order valence-corrected chi connectivity index (χ1v) is 13.7. The Bertz CT molecular complexity index is 1140. The minimum atomic E-state index is -0.441. The Labute approximate surface area is 234 Å². The van der Waals surface area contributed by atoms with Crippen LogP contribution in [0.2, 0.25) is 0 Å². The van der Waals surface area contributed by atoms with Crippen molar-refractivity contribution in [1.29, 1.82) is 0 Å². The number of hydrogen-bond donors (Lipinski definition) is 0. The number of carbonyl (C=O) groups is 2. The molecule has 0 aliphatic carbocycles. The van der Waals surface area contributed by atoms with Gasteiger partial charge in [0.05, 0.1) is 9.85 Å². The van der Waals surface area contributed by atoms with Gasteiger partial charge in [0.15, 0.2) is 11.6 Å². The molecule has 10 heteroatoms. The van der Waals surface area contributed by atoms with Gasteiger partial charge in [0.1, 0.15) is 11.4 Å².